The lowest BCUT2D eigenvalue weighted by Crippen LogP contribution is -2.12. The summed E-state index contributed by atoms with van der Waals surface area (Å²) < 4.78 is 14.7. The van der Waals surface area contributed by atoms with Gasteiger partial charge in [-0.3, -0.25) is 0 Å². The molecule has 2 N–H and O–H groups in total. The van der Waals surface area contributed by atoms with Gasteiger partial charge in [0.05, 0.1) is 12.7 Å². The van der Waals surface area contributed by atoms with Crippen LogP contribution in [-0.2, 0) is 6.54 Å². The zero-order valence-electron chi connectivity index (χ0n) is 10.3. The molecule has 1 aromatic carbocycles. The van der Waals surface area contributed by atoms with Gasteiger partial charge in [-0.05, 0) is 19.1 Å². The van der Waals surface area contributed by atoms with Gasteiger partial charge in [-0.15, -0.1) is 5.10 Å². The first-order valence-electron chi connectivity index (χ1n) is 5.70. The molecule has 100 valence electrons. The Balaban J connectivity index is 1.92. The molecule has 0 bridgehead atoms. The lowest BCUT2D eigenvalue weighted by atomic mass is 10.2. The van der Waals surface area contributed by atoms with Crippen LogP contribution in [0.25, 0.3) is 0 Å². The zero-order chi connectivity index (χ0) is 13.8. The van der Waals surface area contributed by atoms with Crippen molar-refractivity contribution in [2.45, 2.75) is 13.5 Å². The number of rotatable bonds is 5. The average Bonchev–Trinajstić information content (AvgIpc) is 2.83. The summed E-state index contributed by atoms with van der Waals surface area (Å²) in [4.78, 5) is 10.6. The first kappa shape index (κ1) is 13.0. The van der Waals surface area contributed by atoms with Gasteiger partial charge in [0.25, 0.3) is 0 Å². The fourth-order valence-electron chi connectivity index (χ4n) is 1.61. The maximum atomic E-state index is 13.3. The van der Waals surface area contributed by atoms with Crippen LogP contribution < -0.4 is 5.32 Å². The number of carboxylic acid groups (broad SMARTS) is 1. The van der Waals surface area contributed by atoms with Crippen LogP contribution in [0.5, 0.6) is 0 Å². The molecule has 0 unspecified atom stereocenters. The summed E-state index contributed by atoms with van der Waals surface area (Å²) in [6.45, 7) is 2.62. The van der Waals surface area contributed by atoms with E-state index in [-0.39, 0.29) is 11.5 Å². The van der Waals surface area contributed by atoms with E-state index in [2.05, 4.69) is 15.6 Å². The summed E-state index contributed by atoms with van der Waals surface area (Å²) in [5.74, 6) is -1.38. The van der Waals surface area contributed by atoms with Gasteiger partial charge in [0.2, 0.25) is 0 Å². The summed E-state index contributed by atoms with van der Waals surface area (Å²) in [5.41, 5.74) is 1.16. The highest BCUT2D eigenvalue weighted by Gasteiger charge is 2.08. The average molecular weight is 264 g/mol. The van der Waals surface area contributed by atoms with E-state index in [0.29, 0.717) is 24.3 Å². The minimum Gasteiger partial charge on any atom is -0.476 e. The van der Waals surface area contributed by atoms with Gasteiger partial charge < -0.3 is 10.4 Å². The fourth-order valence-corrected chi connectivity index (χ4v) is 1.61. The Morgan fingerprint density at radius 2 is 2.32 bits per heavy atom. The van der Waals surface area contributed by atoms with E-state index in [0.717, 1.165) is 0 Å². The van der Waals surface area contributed by atoms with Crippen LogP contribution >= 0.6 is 0 Å². The van der Waals surface area contributed by atoms with Crippen LogP contribution in [0.15, 0.2) is 24.4 Å². The minimum atomic E-state index is -1.11. The number of nitrogens with zero attached hydrogens (tertiary/aromatic N) is 3. The molecular formula is C12H13FN4O2. The second-order valence-electron chi connectivity index (χ2n) is 4.01. The number of anilines is 1. The number of hydrogen-bond acceptors (Lipinski definition) is 4. The second-order valence-corrected chi connectivity index (χ2v) is 4.01. The molecule has 2 aromatic rings. The summed E-state index contributed by atoms with van der Waals surface area (Å²) in [6.07, 6.45) is 1.35. The van der Waals surface area contributed by atoms with Crippen molar-refractivity contribution in [1.29, 1.82) is 0 Å². The predicted molar refractivity (Wildman–Crippen MR) is 66.6 cm³/mol. The van der Waals surface area contributed by atoms with Gasteiger partial charge in [0.1, 0.15) is 5.82 Å². The SMILES string of the molecule is Cc1c(F)cccc1NCCn1cc(C(=O)O)nn1. The van der Waals surface area contributed by atoms with Crippen molar-refractivity contribution in [2.75, 3.05) is 11.9 Å². The number of aromatic nitrogens is 3. The largest absolute Gasteiger partial charge is 0.476 e. The Morgan fingerprint density at radius 3 is 3.00 bits per heavy atom. The predicted octanol–water partition coefficient (Wildman–Crippen LogP) is 1.54. The van der Waals surface area contributed by atoms with Gasteiger partial charge in [-0.25, -0.2) is 13.9 Å². The van der Waals surface area contributed by atoms with Crippen LogP contribution in [0.3, 0.4) is 0 Å². The molecule has 0 saturated heterocycles. The number of halogens is 1. The summed E-state index contributed by atoms with van der Waals surface area (Å²) >= 11 is 0. The quantitative estimate of drug-likeness (QED) is 0.856. The Hall–Kier alpha value is -2.44. The molecule has 0 aliphatic heterocycles. The highest BCUT2D eigenvalue weighted by atomic mass is 19.1. The lowest BCUT2D eigenvalue weighted by molar-refractivity contribution is 0.0690. The molecule has 0 spiro atoms. The molecule has 1 aromatic heterocycles. The summed E-state index contributed by atoms with van der Waals surface area (Å²) in [7, 11) is 0. The third kappa shape index (κ3) is 3.06. The molecule has 0 saturated carbocycles. The van der Waals surface area contributed by atoms with Crippen molar-refractivity contribution in [3.63, 3.8) is 0 Å². The zero-order valence-corrected chi connectivity index (χ0v) is 10.3. The fraction of sp³-hybridized carbons (Fsp3) is 0.250. The van der Waals surface area contributed by atoms with E-state index in [1.807, 2.05) is 0 Å². The number of carboxylic acids is 1. The molecule has 2 rings (SSSR count). The molecule has 0 aliphatic rings. The monoisotopic (exact) mass is 264 g/mol. The maximum Gasteiger partial charge on any atom is 0.358 e. The smallest absolute Gasteiger partial charge is 0.358 e. The third-order valence-corrected chi connectivity index (χ3v) is 2.68. The summed E-state index contributed by atoms with van der Waals surface area (Å²) in [5, 5.41) is 18.9. The van der Waals surface area contributed by atoms with E-state index < -0.39 is 5.97 Å². The van der Waals surface area contributed by atoms with Crippen LogP contribution in [0.1, 0.15) is 16.1 Å². The van der Waals surface area contributed by atoms with Gasteiger partial charge in [-0.2, -0.15) is 0 Å². The van der Waals surface area contributed by atoms with Crippen molar-refractivity contribution in [2.24, 2.45) is 0 Å². The first-order valence-corrected chi connectivity index (χ1v) is 5.70. The molecular weight excluding hydrogens is 251 g/mol. The highest BCUT2D eigenvalue weighted by molar-refractivity contribution is 5.84. The normalized spacial score (nSPS) is 10.4. The Morgan fingerprint density at radius 1 is 1.53 bits per heavy atom. The van der Waals surface area contributed by atoms with E-state index in [4.69, 9.17) is 5.11 Å². The second kappa shape index (κ2) is 5.47. The number of benzene rings is 1. The molecule has 6 nitrogen and oxygen atoms in total. The molecule has 0 fully saturated rings. The van der Waals surface area contributed by atoms with Crippen molar-refractivity contribution < 1.29 is 14.3 Å². The first-order chi connectivity index (χ1) is 9.08. The van der Waals surface area contributed by atoms with E-state index in [1.54, 1.807) is 19.1 Å². The lowest BCUT2D eigenvalue weighted by Gasteiger charge is -2.09. The third-order valence-electron chi connectivity index (χ3n) is 2.68. The number of nitrogens with one attached hydrogen (secondary N) is 1. The molecule has 0 radical (unpaired) electrons. The molecule has 1 heterocycles. The Kier molecular flexibility index (Phi) is 3.74. The molecule has 19 heavy (non-hydrogen) atoms. The van der Waals surface area contributed by atoms with Crippen LogP contribution in [-0.4, -0.2) is 32.6 Å². The Bertz CT molecular complexity index is 597. The van der Waals surface area contributed by atoms with Crippen LogP contribution in [0.4, 0.5) is 10.1 Å². The number of carbonyl (C=O) groups is 1. The van der Waals surface area contributed by atoms with Gasteiger partial charge in [0, 0.05) is 17.8 Å². The molecule has 0 atom stereocenters. The van der Waals surface area contributed by atoms with Gasteiger partial charge >= 0.3 is 5.97 Å². The van der Waals surface area contributed by atoms with Crippen molar-refractivity contribution in [3.8, 4) is 0 Å². The molecule has 0 aliphatic carbocycles. The van der Waals surface area contributed by atoms with Crippen LogP contribution in [0, 0.1) is 12.7 Å². The minimum absolute atomic E-state index is 0.0954. The molecule has 7 heteroatoms. The van der Waals surface area contributed by atoms with Crippen molar-refractivity contribution in [1.82, 2.24) is 15.0 Å². The number of aromatic carboxylic acids is 1. The van der Waals surface area contributed by atoms with Crippen molar-refractivity contribution in [3.05, 3.63) is 41.5 Å². The van der Waals surface area contributed by atoms with Crippen LogP contribution in [0.2, 0.25) is 0 Å². The summed E-state index contributed by atoms with van der Waals surface area (Å²) in [6, 6.07) is 4.81. The maximum absolute atomic E-state index is 13.3. The van der Waals surface area contributed by atoms with Gasteiger partial charge in [0.15, 0.2) is 5.69 Å². The highest BCUT2D eigenvalue weighted by Crippen LogP contribution is 2.16. The number of hydrogen-bond donors (Lipinski definition) is 2. The van der Waals surface area contributed by atoms with Crippen molar-refractivity contribution >= 4 is 11.7 Å². The van der Waals surface area contributed by atoms with Gasteiger partial charge in [-0.1, -0.05) is 11.3 Å². The topological polar surface area (TPSA) is 80.0 Å². The van der Waals surface area contributed by atoms with E-state index in [9.17, 15) is 9.18 Å². The van der Waals surface area contributed by atoms with E-state index >= 15 is 0 Å². The Labute approximate surface area is 108 Å². The molecule has 0 amide bonds. The standard InChI is InChI=1S/C12H13FN4O2/c1-8-9(13)3-2-4-10(8)14-5-6-17-7-11(12(18)19)15-16-17/h2-4,7,14H,5-6H2,1H3,(H,18,19). The van der Waals surface area contributed by atoms with E-state index in [1.165, 1.54) is 16.9 Å².